The molecule has 0 spiro atoms. The van der Waals surface area contributed by atoms with E-state index in [4.69, 9.17) is 14.2 Å². The van der Waals surface area contributed by atoms with Gasteiger partial charge in [0, 0.05) is 33.4 Å². The lowest BCUT2D eigenvalue weighted by Gasteiger charge is -2.19. The second-order valence-electron chi connectivity index (χ2n) is 5.20. The first-order valence-corrected chi connectivity index (χ1v) is 8.24. The van der Waals surface area contributed by atoms with Gasteiger partial charge in [0.05, 0.1) is 0 Å². The Bertz CT molecular complexity index is 506. The molecule has 0 aliphatic carbocycles. The second kappa shape index (κ2) is 9.94. The minimum Gasteiger partial charge on any atom is -0.486 e. The number of benzene rings is 1. The Morgan fingerprint density at radius 2 is 1.96 bits per heavy atom. The molecule has 1 aromatic rings. The summed E-state index contributed by atoms with van der Waals surface area (Å²) in [5.74, 6) is 2.49. The molecule has 0 bridgehead atoms. The molecule has 1 aliphatic rings. The highest BCUT2D eigenvalue weighted by molar-refractivity contribution is 5.79. The Kier molecular flexibility index (Phi) is 7.52. The highest BCUT2D eigenvalue weighted by Crippen LogP contribution is 2.30. The van der Waals surface area contributed by atoms with Gasteiger partial charge >= 0.3 is 0 Å². The fourth-order valence-electron chi connectivity index (χ4n) is 2.31. The fraction of sp³-hybridized carbons (Fsp3) is 0.588. The molecule has 2 rings (SSSR count). The van der Waals surface area contributed by atoms with Crippen LogP contribution in [0.4, 0.5) is 0 Å². The maximum atomic E-state index is 5.60. The highest BCUT2D eigenvalue weighted by atomic mass is 16.6. The van der Waals surface area contributed by atoms with Gasteiger partial charge in [0.2, 0.25) is 0 Å². The van der Waals surface area contributed by atoms with E-state index in [2.05, 4.69) is 27.8 Å². The number of rotatable bonds is 8. The minimum absolute atomic E-state index is 0.618. The molecule has 0 saturated heterocycles. The van der Waals surface area contributed by atoms with Gasteiger partial charge in [-0.3, -0.25) is 4.99 Å². The van der Waals surface area contributed by atoms with Crippen molar-refractivity contribution in [1.29, 1.82) is 0 Å². The third-order valence-electron chi connectivity index (χ3n) is 3.50. The summed E-state index contributed by atoms with van der Waals surface area (Å²) < 4.78 is 16.4. The van der Waals surface area contributed by atoms with E-state index in [1.54, 1.807) is 7.05 Å². The van der Waals surface area contributed by atoms with Gasteiger partial charge in [-0.15, -0.1) is 0 Å². The van der Waals surface area contributed by atoms with Crippen molar-refractivity contribution in [2.24, 2.45) is 4.99 Å². The predicted octanol–water partition coefficient (Wildman–Crippen LogP) is 1.59. The first kappa shape index (κ1) is 17.4. The van der Waals surface area contributed by atoms with Gasteiger partial charge in [-0.1, -0.05) is 6.07 Å². The Morgan fingerprint density at radius 3 is 2.74 bits per heavy atom. The van der Waals surface area contributed by atoms with Crippen LogP contribution in [0.25, 0.3) is 0 Å². The van der Waals surface area contributed by atoms with Crippen molar-refractivity contribution in [3.8, 4) is 11.5 Å². The fourth-order valence-corrected chi connectivity index (χ4v) is 2.31. The van der Waals surface area contributed by atoms with Crippen LogP contribution in [0.2, 0.25) is 0 Å². The van der Waals surface area contributed by atoms with E-state index in [0.717, 1.165) is 56.6 Å². The standard InChI is InChI=1S/C17H27N3O3/c1-3-21-10-4-8-19-17(18-2)20-9-7-14-5-6-15-16(13-14)23-12-11-22-15/h5-6,13H,3-4,7-12H2,1-2H3,(H2,18,19,20). The van der Waals surface area contributed by atoms with Crippen LogP contribution in [0.1, 0.15) is 18.9 Å². The zero-order valence-electron chi connectivity index (χ0n) is 14.1. The van der Waals surface area contributed by atoms with E-state index < -0.39 is 0 Å². The molecule has 0 amide bonds. The first-order chi connectivity index (χ1) is 11.3. The highest BCUT2D eigenvalue weighted by Gasteiger charge is 2.11. The van der Waals surface area contributed by atoms with Gasteiger partial charge in [-0.25, -0.2) is 0 Å². The number of hydrogen-bond acceptors (Lipinski definition) is 4. The van der Waals surface area contributed by atoms with Crippen LogP contribution < -0.4 is 20.1 Å². The van der Waals surface area contributed by atoms with Crippen LogP contribution in [-0.4, -0.2) is 52.5 Å². The lowest BCUT2D eigenvalue weighted by molar-refractivity contribution is 0.145. The summed E-state index contributed by atoms with van der Waals surface area (Å²) in [6.45, 7) is 6.45. The van der Waals surface area contributed by atoms with Gasteiger partial charge in [-0.05, 0) is 37.5 Å². The van der Waals surface area contributed by atoms with Gasteiger partial charge < -0.3 is 24.8 Å². The first-order valence-electron chi connectivity index (χ1n) is 8.24. The molecular formula is C17H27N3O3. The number of fused-ring (bicyclic) bond motifs is 1. The van der Waals surface area contributed by atoms with E-state index in [-0.39, 0.29) is 0 Å². The molecule has 0 unspecified atom stereocenters. The van der Waals surface area contributed by atoms with Crippen LogP contribution in [0.15, 0.2) is 23.2 Å². The van der Waals surface area contributed by atoms with Crippen molar-refractivity contribution >= 4 is 5.96 Å². The van der Waals surface area contributed by atoms with Gasteiger partial charge in [-0.2, -0.15) is 0 Å². The summed E-state index contributed by atoms with van der Waals surface area (Å²) in [5, 5.41) is 6.59. The Labute approximate surface area is 138 Å². The summed E-state index contributed by atoms with van der Waals surface area (Å²) >= 11 is 0. The van der Waals surface area contributed by atoms with Crippen LogP contribution in [0.5, 0.6) is 11.5 Å². The molecule has 0 fully saturated rings. The molecule has 0 saturated carbocycles. The van der Waals surface area contributed by atoms with Gasteiger partial charge in [0.15, 0.2) is 17.5 Å². The topological polar surface area (TPSA) is 64.1 Å². The molecule has 23 heavy (non-hydrogen) atoms. The van der Waals surface area contributed by atoms with E-state index in [1.165, 1.54) is 5.56 Å². The largest absolute Gasteiger partial charge is 0.486 e. The monoisotopic (exact) mass is 321 g/mol. The van der Waals surface area contributed by atoms with Crippen molar-refractivity contribution in [3.63, 3.8) is 0 Å². The van der Waals surface area contributed by atoms with Crippen LogP contribution >= 0.6 is 0 Å². The molecule has 1 aromatic carbocycles. The molecule has 0 aromatic heterocycles. The summed E-state index contributed by atoms with van der Waals surface area (Å²) in [6, 6.07) is 6.10. The lowest BCUT2D eigenvalue weighted by atomic mass is 10.1. The third-order valence-corrected chi connectivity index (χ3v) is 3.50. The number of hydrogen-bond donors (Lipinski definition) is 2. The van der Waals surface area contributed by atoms with E-state index >= 15 is 0 Å². The Hall–Kier alpha value is -1.95. The number of guanidine groups is 1. The lowest BCUT2D eigenvalue weighted by Crippen LogP contribution is -2.39. The Balaban J connectivity index is 1.69. The number of ether oxygens (including phenoxy) is 3. The maximum absolute atomic E-state index is 5.60. The van der Waals surface area contributed by atoms with Crippen LogP contribution in [-0.2, 0) is 11.2 Å². The van der Waals surface area contributed by atoms with Crippen molar-refractivity contribution in [1.82, 2.24) is 10.6 Å². The van der Waals surface area contributed by atoms with Crippen molar-refractivity contribution in [3.05, 3.63) is 23.8 Å². The van der Waals surface area contributed by atoms with Gasteiger partial charge in [0.25, 0.3) is 0 Å². The molecule has 6 heteroatoms. The maximum Gasteiger partial charge on any atom is 0.190 e. The smallest absolute Gasteiger partial charge is 0.190 e. The SMILES string of the molecule is CCOCCCNC(=NC)NCCc1ccc2c(c1)OCCO2. The van der Waals surface area contributed by atoms with Crippen LogP contribution in [0, 0.1) is 0 Å². The quantitative estimate of drug-likeness (QED) is 0.432. The molecule has 1 heterocycles. The van der Waals surface area contributed by atoms with Crippen molar-refractivity contribution < 1.29 is 14.2 Å². The summed E-state index contributed by atoms with van der Waals surface area (Å²) in [7, 11) is 1.78. The van der Waals surface area contributed by atoms with E-state index in [0.29, 0.717) is 13.2 Å². The molecule has 2 N–H and O–H groups in total. The summed E-state index contributed by atoms with van der Waals surface area (Å²) in [6.07, 6.45) is 1.87. The van der Waals surface area contributed by atoms with E-state index in [9.17, 15) is 0 Å². The average Bonchev–Trinajstić information content (AvgIpc) is 2.60. The molecule has 128 valence electrons. The molecule has 1 aliphatic heterocycles. The van der Waals surface area contributed by atoms with Crippen molar-refractivity contribution in [2.45, 2.75) is 19.8 Å². The number of nitrogens with zero attached hydrogens (tertiary/aromatic N) is 1. The van der Waals surface area contributed by atoms with E-state index in [1.807, 2.05) is 13.0 Å². The minimum atomic E-state index is 0.618. The Morgan fingerprint density at radius 1 is 1.17 bits per heavy atom. The summed E-state index contributed by atoms with van der Waals surface area (Å²) in [5.41, 5.74) is 1.22. The number of aliphatic imine (C=N–C) groups is 1. The summed E-state index contributed by atoms with van der Waals surface area (Å²) in [4.78, 5) is 4.22. The second-order valence-corrected chi connectivity index (χ2v) is 5.20. The molecule has 0 radical (unpaired) electrons. The molecule has 0 atom stereocenters. The molecular weight excluding hydrogens is 294 g/mol. The average molecular weight is 321 g/mol. The van der Waals surface area contributed by atoms with Crippen LogP contribution in [0.3, 0.4) is 0 Å². The molecule has 6 nitrogen and oxygen atoms in total. The van der Waals surface area contributed by atoms with Crippen molar-refractivity contribution in [2.75, 3.05) is 46.6 Å². The third kappa shape index (κ3) is 5.98. The van der Waals surface area contributed by atoms with Gasteiger partial charge in [0.1, 0.15) is 13.2 Å². The zero-order chi connectivity index (χ0) is 16.3. The number of nitrogens with one attached hydrogen (secondary N) is 2. The normalized spacial score (nSPS) is 13.7. The predicted molar refractivity (Wildman–Crippen MR) is 91.6 cm³/mol. The zero-order valence-corrected chi connectivity index (χ0v) is 14.1.